The van der Waals surface area contributed by atoms with E-state index < -0.39 is 0 Å². The molecule has 1 N–H and O–H groups in total. The van der Waals surface area contributed by atoms with Gasteiger partial charge in [-0.05, 0) is 45.0 Å². The zero-order chi connectivity index (χ0) is 15.4. The fraction of sp³-hybridized carbons (Fsp3) is 0.500. The highest BCUT2D eigenvalue weighted by atomic mass is 19.1. The van der Waals surface area contributed by atoms with Crippen LogP contribution in [-0.4, -0.2) is 33.2 Å². The van der Waals surface area contributed by atoms with E-state index in [1.165, 1.54) is 31.4 Å². The lowest BCUT2D eigenvalue weighted by Crippen LogP contribution is -2.32. The van der Waals surface area contributed by atoms with Gasteiger partial charge in [-0.3, -0.25) is 10.00 Å². The first-order chi connectivity index (χ1) is 10.7. The van der Waals surface area contributed by atoms with Gasteiger partial charge in [0.25, 0.3) is 0 Å². The molecule has 1 unspecified atom stereocenters. The minimum atomic E-state index is -0.311. The number of piperidine rings is 1. The number of aromatic nitrogens is 3. The number of ether oxygens (including phenoxy) is 1. The summed E-state index contributed by atoms with van der Waals surface area (Å²) in [5.74, 6) is 1.62. The fourth-order valence-electron chi connectivity index (χ4n) is 2.74. The molecule has 118 valence electrons. The second-order valence-electron chi connectivity index (χ2n) is 5.66. The molecule has 1 fully saturated rings. The summed E-state index contributed by atoms with van der Waals surface area (Å²) in [4.78, 5) is 6.90. The number of rotatable bonds is 5. The molecule has 5 nitrogen and oxygen atoms in total. The number of likely N-dealkylation sites (tertiary alicyclic amines) is 1. The van der Waals surface area contributed by atoms with Gasteiger partial charge in [0.2, 0.25) is 0 Å². The first-order valence-corrected chi connectivity index (χ1v) is 7.76. The first-order valence-electron chi connectivity index (χ1n) is 7.76. The highest BCUT2D eigenvalue weighted by Gasteiger charge is 2.21. The standard InChI is InChI=1S/C16H21FN4O/c1-12(21-8-3-2-4-9-21)16-18-15(19-20-16)11-22-14-7-5-6-13(17)10-14/h5-7,10,12H,2-4,8-9,11H2,1H3,(H,18,19,20). The van der Waals surface area contributed by atoms with E-state index in [0.717, 1.165) is 18.9 Å². The van der Waals surface area contributed by atoms with Crippen molar-refractivity contribution in [2.24, 2.45) is 0 Å². The van der Waals surface area contributed by atoms with Gasteiger partial charge in [0.05, 0.1) is 6.04 Å². The Kier molecular flexibility index (Phi) is 4.68. The van der Waals surface area contributed by atoms with E-state index >= 15 is 0 Å². The van der Waals surface area contributed by atoms with Crippen LogP contribution in [0.2, 0.25) is 0 Å². The zero-order valence-corrected chi connectivity index (χ0v) is 12.8. The van der Waals surface area contributed by atoms with Crippen molar-refractivity contribution < 1.29 is 9.13 Å². The van der Waals surface area contributed by atoms with Crippen LogP contribution >= 0.6 is 0 Å². The largest absolute Gasteiger partial charge is 0.486 e. The third-order valence-electron chi connectivity index (χ3n) is 4.03. The maximum Gasteiger partial charge on any atom is 0.167 e. The van der Waals surface area contributed by atoms with E-state index in [0.29, 0.717) is 11.6 Å². The number of nitrogens with one attached hydrogen (secondary N) is 1. The molecule has 0 bridgehead atoms. The van der Waals surface area contributed by atoms with E-state index in [4.69, 9.17) is 4.74 Å². The minimum absolute atomic E-state index is 0.208. The van der Waals surface area contributed by atoms with Crippen LogP contribution < -0.4 is 4.74 Å². The molecule has 2 aromatic rings. The summed E-state index contributed by atoms with van der Waals surface area (Å²) >= 11 is 0. The Hall–Kier alpha value is -1.95. The monoisotopic (exact) mass is 304 g/mol. The summed E-state index contributed by atoms with van der Waals surface area (Å²) in [7, 11) is 0. The number of H-pyrrole nitrogens is 1. The van der Waals surface area contributed by atoms with E-state index in [2.05, 4.69) is 27.0 Å². The van der Waals surface area contributed by atoms with E-state index in [1.807, 2.05) is 0 Å². The van der Waals surface area contributed by atoms with E-state index in [9.17, 15) is 4.39 Å². The highest BCUT2D eigenvalue weighted by Crippen LogP contribution is 2.21. The molecule has 1 aliphatic rings. The first kappa shape index (κ1) is 15.0. The summed E-state index contributed by atoms with van der Waals surface area (Å²) in [6, 6.07) is 6.29. The topological polar surface area (TPSA) is 54.0 Å². The van der Waals surface area contributed by atoms with Crippen molar-refractivity contribution in [2.45, 2.75) is 38.8 Å². The van der Waals surface area contributed by atoms with Crippen molar-refractivity contribution in [1.82, 2.24) is 20.1 Å². The SMILES string of the molecule is CC(c1n[nH]c(COc2cccc(F)c2)n1)N1CCCCC1. The molecular weight excluding hydrogens is 283 g/mol. The van der Waals surface area contributed by atoms with E-state index in [-0.39, 0.29) is 18.5 Å². The molecule has 0 saturated carbocycles. The third kappa shape index (κ3) is 3.62. The molecular formula is C16H21FN4O. The van der Waals surface area contributed by atoms with Crippen molar-refractivity contribution in [3.63, 3.8) is 0 Å². The Morgan fingerprint density at radius 2 is 2.14 bits per heavy atom. The Morgan fingerprint density at radius 1 is 1.32 bits per heavy atom. The van der Waals surface area contributed by atoms with Crippen LogP contribution in [0, 0.1) is 5.82 Å². The lowest BCUT2D eigenvalue weighted by molar-refractivity contribution is 0.169. The Balaban J connectivity index is 1.58. The van der Waals surface area contributed by atoms with Gasteiger partial charge in [-0.25, -0.2) is 9.37 Å². The van der Waals surface area contributed by atoms with Crippen molar-refractivity contribution in [3.8, 4) is 5.75 Å². The van der Waals surface area contributed by atoms with Crippen LogP contribution in [-0.2, 0) is 6.61 Å². The molecule has 1 atom stereocenters. The highest BCUT2D eigenvalue weighted by molar-refractivity contribution is 5.22. The molecule has 22 heavy (non-hydrogen) atoms. The molecule has 1 aliphatic heterocycles. The third-order valence-corrected chi connectivity index (χ3v) is 4.03. The van der Waals surface area contributed by atoms with Gasteiger partial charge in [-0.15, -0.1) is 0 Å². The number of halogens is 1. The molecule has 3 rings (SSSR count). The van der Waals surface area contributed by atoms with Gasteiger partial charge in [0, 0.05) is 6.07 Å². The van der Waals surface area contributed by atoms with Crippen LogP contribution in [0.4, 0.5) is 4.39 Å². The molecule has 0 amide bonds. The van der Waals surface area contributed by atoms with Crippen LogP contribution in [0.25, 0.3) is 0 Å². The van der Waals surface area contributed by atoms with Gasteiger partial charge in [-0.1, -0.05) is 12.5 Å². The number of hydrogen-bond donors (Lipinski definition) is 1. The lowest BCUT2D eigenvalue weighted by Gasteiger charge is -2.30. The van der Waals surface area contributed by atoms with Gasteiger partial charge in [0.1, 0.15) is 18.2 Å². The van der Waals surface area contributed by atoms with Crippen LogP contribution in [0.5, 0.6) is 5.75 Å². The van der Waals surface area contributed by atoms with Crippen molar-refractivity contribution in [3.05, 3.63) is 41.7 Å². The summed E-state index contributed by atoms with van der Waals surface area (Å²) < 4.78 is 18.6. The van der Waals surface area contributed by atoms with Crippen LogP contribution in [0.3, 0.4) is 0 Å². The van der Waals surface area contributed by atoms with Gasteiger partial charge in [0.15, 0.2) is 11.6 Å². The number of nitrogens with zero attached hydrogens (tertiary/aromatic N) is 3. The Labute approximate surface area is 129 Å². The fourth-order valence-corrected chi connectivity index (χ4v) is 2.74. The summed E-state index contributed by atoms with van der Waals surface area (Å²) in [5, 5.41) is 7.19. The quantitative estimate of drug-likeness (QED) is 0.922. The molecule has 2 heterocycles. The maximum absolute atomic E-state index is 13.1. The summed E-state index contributed by atoms with van der Waals surface area (Å²) in [6.45, 7) is 4.59. The Morgan fingerprint density at radius 3 is 2.91 bits per heavy atom. The smallest absolute Gasteiger partial charge is 0.167 e. The van der Waals surface area contributed by atoms with E-state index in [1.54, 1.807) is 12.1 Å². The predicted octanol–water partition coefficient (Wildman–Crippen LogP) is 3.07. The van der Waals surface area contributed by atoms with Gasteiger partial charge < -0.3 is 4.74 Å². The number of hydrogen-bond acceptors (Lipinski definition) is 4. The molecule has 1 aromatic carbocycles. The Bertz CT molecular complexity index is 610. The molecule has 6 heteroatoms. The van der Waals surface area contributed by atoms with Crippen molar-refractivity contribution >= 4 is 0 Å². The van der Waals surface area contributed by atoms with Crippen LogP contribution in [0.15, 0.2) is 24.3 Å². The summed E-state index contributed by atoms with van der Waals surface area (Å²) in [6.07, 6.45) is 3.79. The molecule has 0 aliphatic carbocycles. The molecule has 0 spiro atoms. The maximum atomic E-state index is 13.1. The van der Waals surface area contributed by atoms with Gasteiger partial charge >= 0.3 is 0 Å². The van der Waals surface area contributed by atoms with Crippen molar-refractivity contribution in [2.75, 3.05) is 13.1 Å². The average Bonchev–Trinajstić information content (AvgIpc) is 3.02. The average molecular weight is 304 g/mol. The van der Waals surface area contributed by atoms with Gasteiger partial charge in [-0.2, -0.15) is 5.10 Å². The second kappa shape index (κ2) is 6.87. The van der Waals surface area contributed by atoms with Crippen molar-refractivity contribution in [1.29, 1.82) is 0 Å². The molecule has 0 radical (unpaired) electrons. The number of benzene rings is 1. The van der Waals surface area contributed by atoms with Crippen LogP contribution in [0.1, 0.15) is 43.9 Å². The molecule has 1 aromatic heterocycles. The number of aromatic amines is 1. The lowest BCUT2D eigenvalue weighted by atomic mass is 10.1. The minimum Gasteiger partial charge on any atom is -0.486 e. The second-order valence-corrected chi connectivity index (χ2v) is 5.66. The normalized spacial score (nSPS) is 17.4. The zero-order valence-electron chi connectivity index (χ0n) is 12.8. The summed E-state index contributed by atoms with van der Waals surface area (Å²) in [5.41, 5.74) is 0. The predicted molar refractivity (Wildman–Crippen MR) is 81.0 cm³/mol. The molecule has 1 saturated heterocycles.